The lowest BCUT2D eigenvalue weighted by Gasteiger charge is -2.28. The first-order valence-electron chi connectivity index (χ1n) is 9.25. The molecule has 0 spiro atoms. The second kappa shape index (κ2) is 10.2. The van der Waals surface area contributed by atoms with E-state index < -0.39 is 0 Å². The molecule has 3 nitrogen and oxygen atoms in total. The third-order valence-corrected chi connectivity index (χ3v) is 4.86. The highest BCUT2D eigenvalue weighted by Crippen LogP contribution is 2.37. The van der Waals surface area contributed by atoms with Gasteiger partial charge in [0.25, 0.3) is 0 Å². The van der Waals surface area contributed by atoms with Gasteiger partial charge in [-0.05, 0) is 55.2 Å². The first-order valence-corrected chi connectivity index (χ1v) is 9.25. The van der Waals surface area contributed by atoms with E-state index in [1.807, 2.05) is 0 Å². The summed E-state index contributed by atoms with van der Waals surface area (Å²) in [6, 6.07) is 8.53. The molecular formula is C21H30O3. The molecule has 0 unspecified atom stereocenters. The molecule has 1 saturated carbocycles. The highest BCUT2D eigenvalue weighted by atomic mass is 16.5. The second-order valence-electron chi connectivity index (χ2n) is 6.65. The fourth-order valence-electron chi connectivity index (χ4n) is 3.51. The minimum Gasteiger partial charge on any atom is -0.493 e. The summed E-state index contributed by atoms with van der Waals surface area (Å²) >= 11 is 0. The number of rotatable bonds is 9. The average molecular weight is 330 g/mol. The first kappa shape index (κ1) is 18.6. The molecule has 1 aliphatic carbocycles. The van der Waals surface area contributed by atoms with Gasteiger partial charge in [-0.3, -0.25) is 0 Å². The van der Waals surface area contributed by atoms with Crippen molar-refractivity contribution in [3.05, 3.63) is 42.5 Å². The van der Waals surface area contributed by atoms with Crippen LogP contribution < -0.4 is 4.74 Å². The smallest absolute Gasteiger partial charge is 0.330 e. The minimum absolute atomic E-state index is 0.365. The van der Waals surface area contributed by atoms with Crippen LogP contribution in [0.4, 0.5) is 0 Å². The van der Waals surface area contributed by atoms with Crippen molar-refractivity contribution in [2.45, 2.75) is 57.8 Å². The predicted molar refractivity (Wildman–Crippen MR) is 97.3 cm³/mol. The van der Waals surface area contributed by atoms with Crippen molar-refractivity contribution >= 4 is 5.97 Å². The van der Waals surface area contributed by atoms with Gasteiger partial charge in [-0.1, -0.05) is 38.5 Å². The van der Waals surface area contributed by atoms with Crippen LogP contribution in [0.3, 0.4) is 0 Å². The lowest BCUT2D eigenvalue weighted by Crippen LogP contribution is -2.13. The Labute approximate surface area is 146 Å². The first-order chi connectivity index (χ1) is 11.7. The van der Waals surface area contributed by atoms with Gasteiger partial charge in [0.05, 0.1) is 13.2 Å². The van der Waals surface area contributed by atoms with Crippen molar-refractivity contribution < 1.29 is 14.3 Å². The third kappa shape index (κ3) is 6.03. The minimum atomic E-state index is -0.381. The molecule has 1 aromatic rings. The molecule has 1 aromatic carbocycles. The lowest BCUT2D eigenvalue weighted by atomic mass is 9.77. The molecule has 0 N–H and O–H groups in total. The van der Waals surface area contributed by atoms with Gasteiger partial charge >= 0.3 is 5.97 Å². The molecule has 3 heteroatoms. The fourth-order valence-corrected chi connectivity index (χ4v) is 3.51. The van der Waals surface area contributed by atoms with Crippen molar-refractivity contribution in [3.8, 4) is 5.75 Å². The van der Waals surface area contributed by atoms with E-state index in [0.717, 1.165) is 11.7 Å². The summed E-state index contributed by atoms with van der Waals surface area (Å²) in [5.74, 6) is 2.16. The summed E-state index contributed by atoms with van der Waals surface area (Å²) in [6.07, 6.45) is 9.95. The molecule has 132 valence electrons. The van der Waals surface area contributed by atoms with Gasteiger partial charge in [-0.25, -0.2) is 4.79 Å². The molecule has 1 aliphatic rings. The molecule has 0 atom stereocenters. The zero-order chi connectivity index (χ0) is 17.2. The summed E-state index contributed by atoms with van der Waals surface area (Å²) < 4.78 is 10.6. The van der Waals surface area contributed by atoms with E-state index in [1.54, 1.807) is 0 Å². The number of hydrogen-bond donors (Lipinski definition) is 0. The summed E-state index contributed by atoms with van der Waals surface area (Å²) in [7, 11) is 0. The van der Waals surface area contributed by atoms with Gasteiger partial charge in [0, 0.05) is 12.5 Å². The van der Waals surface area contributed by atoms with Gasteiger partial charge in [0.15, 0.2) is 0 Å². The topological polar surface area (TPSA) is 35.5 Å². The SMILES string of the molecule is C=CC(=O)OCCCOc1ccc(C2CCC(CCC)CC2)cc1. The van der Waals surface area contributed by atoms with E-state index in [1.165, 1.54) is 50.2 Å². The maximum absolute atomic E-state index is 10.9. The van der Waals surface area contributed by atoms with Crippen molar-refractivity contribution in [3.63, 3.8) is 0 Å². The van der Waals surface area contributed by atoms with Crippen molar-refractivity contribution in [2.24, 2.45) is 5.92 Å². The summed E-state index contributed by atoms with van der Waals surface area (Å²) in [5.41, 5.74) is 1.44. The van der Waals surface area contributed by atoms with Crippen molar-refractivity contribution in [1.29, 1.82) is 0 Å². The molecule has 24 heavy (non-hydrogen) atoms. The number of carbonyl (C=O) groups excluding carboxylic acids is 1. The summed E-state index contributed by atoms with van der Waals surface area (Å²) in [6.45, 7) is 6.56. The zero-order valence-corrected chi connectivity index (χ0v) is 14.8. The highest BCUT2D eigenvalue weighted by molar-refractivity contribution is 5.81. The van der Waals surface area contributed by atoms with E-state index in [0.29, 0.717) is 25.6 Å². The Morgan fingerprint density at radius 2 is 1.88 bits per heavy atom. The lowest BCUT2D eigenvalue weighted by molar-refractivity contribution is -0.137. The van der Waals surface area contributed by atoms with Crippen LogP contribution in [0.5, 0.6) is 5.75 Å². The largest absolute Gasteiger partial charge is 0.493 e. The third-order valence-electron chi connectivity index (χ3n) is 4.86. The zero-order valence-electron chi connectivity index (χ0n) is 14.8. The van der Waals surface area contributed by atoms with Crippen LogP contribution >= 0.6 is 0 Å². The van der Waals surface area contributed by atoms with Crippen LogP contribution in [-0.2, 0) is 9.53 Å². The number of benzene rings is 1. The van der Waals surface area contributed by atoms with Gasteiger partial charge in [-0.2, -0.15) is 0 Å². The summed E-state index contributed by atoms with van der Waals surface area (Å²) in [4.78, 5) is 10.9. The van der Waals surface area contributed by atoms with E-state index in [-0.39, 0.29) is 5.97 Å². The van der Waals surface area contributed by atoms with Crippen LogP contribution in [0, 0.1) is 5.92 Å². The number of esters is 1. The van der Waals surface area contributed by atoms with E-state index in [9.17, 15) is 4.79 Å². The Bertz CT molecular complexity index is 498. The molecule has 0 saturated heterocycles. The number of ether oxygens (including phenoxy) is 2. The van der Waals surface area contributed by atoms with Crippen LogP contribution in [-0.4, -0.2) is 19.2 Å². The fraction of sp³-hybridized carbons (Fsp3) is 0.571. The normalized spacial score (nSPS) is 20.4. The van der Waals surface area contributed by atoms with Gasteiger partial charge in [-0.15, -0.1) is 0 Å². The van der Waals surface area contributed by atoms with Crippen LogP contribution in [0.15, 0.2) is 36.9 Å². The van der Waals surface area contributed by atoms with Crippen LogP contribution in [0.1, 0.15) is 63.4 Å². The molecule has 0 radical (unpaired) electrons. The molecule has 0 heterocycles. The Balaban J connectivity index is 1.69. The van der Waals surface area contributed by atoms with Crippen LogP contribution in [0.2, 0.25) is 0 Å². The second-order valence-corrected chi connectivity index (χ2v) is 6.65. The average Bonchev–Trinajstić information content (AvgIpc) is 2.63. The van der Waals surface area contributed by atoms with Gasteiger partial charge < -0.3 is 9.47 Å². The predicted octanol–water partition coefficient (Wildman–Crippen LogP) is 5.26. The standard InChI is InChI=1S/C21H30O3/c1-3-6-17-7-9-18(10-8-17)19-11-13-20(14-12-19)23-15-5-16-24-21(22)4-2/h4,11-14,17-18H,2-3,5-10,15-16H2,1H3. The Hall–Kier alpha value is -1.77. The Kier molecular flexibility index (Phi) is 7.87. The molecule has 0 bridgehead atoms. The van der Waals surface area contributed by atoms with E-state index >= 15 is 0 Å². The monoisotopic (exact) mass is 330 g/mol. The summed E-state index contributed by atoms with van der Waals surface area (Å²) in [5, 5.41) is 0. The maximum Gasteiger partial charge on any atom is 0.330 e. The number of carbonyl (C=O) groups is 1. The molecule has 1 fully saturated rings. The Morgan fingerprint density at radius 1 is 1.17 bits per heavy atom. The quantitative estimate of drug-likeness (QED) is 0.352. The van der Waals surface area contributed by atoms with E-state index in [2.05, 4.69) is 37.8 Å². The van der Waals surface area contributed by atoms with Crippen molar-refractivity contribution in [1.82, 2.24) is 0 Å². The van der Waals surface area contributed by atoms with Crippen molar-refractivity contribution in [2.75, 3.05) is 13.2 Å². The maximum atomic E-state index is 10.9. The van der Waals surface area contributed by atoms with E-state index in [4.69, 9.17) is 9.47 Å². The molecular weight excluding hydrogens is 300 g/mol. The molecule has 0 aromatic heterocycles. The van der Waals surface area contributed by atoms with Gasteiger partial charge in [0.2, 0.25) is 0 Å². The highest BCUT2D eigenvalue weighted by Gasteiger charge is 2.21. The molecule has 0 amide bonds. The van der Waals surface area contributed by atoms with Gasteiger partial charge in [0.1, 0.15) is 5.75 Å². The van der Waals surface area contributed by atoms with Crippen LogP contribution in [0.25, 0.3) is 0 Å². The molecule has 2 rings (SSSR count). The number of hydrogen-bond acceptors (Lipinski definition) is 3. The Morgan fingerprint density at radius 3 is 2.50 bits per heavy atom. The molecule has 0 aliphatic heterocycles.